The fourth-order valence-electron chi connectivity index (χ4n) is 2.29. The van der Waals surface area contributed by atoms with Gasteiger partial charge in [-0.15, -0.1) is 0 Å². The summed E-state index contributed by atoms with van der Waals surface area (Å²) in [5, 5.41) is 13.5. The standard InChI is InChI=1S/C14H22N2O2S/c1-12(17)2-3-14(18)16-7-5-15(6-8-16)10-13-4-9-19-11-13/h4,9,11-12,17H,2-3,5-8,10H2,1H3. The number of hydrogen-bond acceptors (Lipinski definition) is 4. The summed E-state index contributed by atoms with van der Waals surface area (Å²) < 4.78 is 0. The molecule has 1 fully saturated rings. The minimum Gasteiger partial charge on any atom is -0.393 e. The molecule has 1 aliphatic rings. The van der Waals surface area contributed by atoms with E-state index in [1.54, 1.807) is 18.3 Å². The van der Waals surface area contributed by atoms with Crippen LogP contribution < -0.4 is 0 Å². The Balaban J connectivity index is 1.71. The zero-order valence-corrected chi connectivity index (χ0v) is 12.2. The molecule has 0 saturated carbocycles. The second kappa shape index (κ2) is 7.03. The first-order chi connectivity index (χ1) is 9.15. The molecule has 0 aliphatic carbocycles. The number of rotatable bonds is 5. The number of aliphatic hydroxyl groups is 1. The van der Waals surface area contributed by atoms with E-state index < -0.39 is 0 Å². The lowest BCUT2D eigenvalue weighted by molar-refractivity contribution is -0.133. The van der Waals surface area contributed by atoms with E-state index in [1.807, 2.05) is 4.90 Å². The lowest BCUT2D eigenvalue weighted by Crippen LogP contribution is -2.48. The number of nitrogens with zero attached hydrogens (tertiary/aromatic N) is 2. The van der Waals surface area contributed by atoms with Crippen LogP contribution in [0.3, 0.4) is 0 Å². The van der Waals surface area contributed by atoms with Gasteiger partial charge in [-0.25, -0.2) is 0 Å². The van der Waals surface area contributed by atoms with Gasteiger partial charge in [0.1, 0.15) is 0 Å². The predicted octanol–water partition coefficient (Wildman–Crippen LogP) is 1.55. The molecule has 0 radical (unpaired) electrons. The molecule has 1 atom stereocenters. The topological polar surface area (TPSA) is 43.8 Å². The number of thiophene rings is 1. The number of amides is 1. The van der Waals surface area contributed by atoms with Crippen LogP contribution in [-0.2, 0) is 11.3 Å². The largest absolute Gasteiger partial charge is 0.393 e. The molecule has 0 spiro atoms. The van der Waals surface area contributed by atoms with Crippen molar-refractivity contribution in [1.29, 1.82) is 0 Å². The highest BCUT2D eigenvalue weighted by molar-refractivity contribution is 7.07. The lowest BCUT2D eigenvalue weighted by Gasteiger charge is -2.34. The Labute approximate surface area is 118 Å². The summed E-state index contributed by atoms with van der Waals surface area (Å²) in [5.41, 5.74) is 1.36. The van der Waals surface area contributed by atoms with Crippen molar-refractivity contribution in [3.05, 3.63) is 22.4 Å². The van der Waals surface area contributed by atoms with Crippen molar-refractivity contribution < 1.29 is 9.90 Å². The quantitative estimate of drug-likeness (QED) is 0.891. The maximum atomic E-state index is 11.9. The van der Waals surface area contributed by atoms with E-state index in [-0.39, 0.29) is 12.0 Å². The fourth-order valence-corrected chi connectivity index (χ4v) is 2.95. The number of carbonyl (C=O) groups is 1. The molecule has 106 valence electrons. The molecule has 2 heterocycles. The molecule has 0 bridgehead atoms. The van der Waals surface area contributed by atoms with Crippen LogP contribution in [0.1, 0.15) is 25.3 Å². The monoisotopic (exact) mass is 282 g/mol. The molecule has 2 rings (SSSR count). The molecule has 1 aliphatic heterocycles. The summed E-state index contributed by atoms with van der Waals surface area (Å²) in [6, 6.07) is 2.16. The third kappa shape index (κ3) is 4.60. The van der Waals surface area contributed by atoms with E-state index in [0.717, 1.165) is 32.7 Å². The van der Waals surface area contributed by atoms with Gasteiger partial charge in [0.25, 0.3) is 0 Å². The minimum absolute atomic E-state index is 0.177. The van der Waals surface area contributed by atoms with Gasteiger partial charge >= 0.3 is 0 Å². The Morgan fingerprint density at radius 1 is 1.42 bits per heavy atom. The summed E-state index contributed by atoms with van der Waals surface area (Å²) in [6.45, 7) is 6.21. The van der Waals surface area contributed by atoms with E-state index in [4.69, 9.17) is 0 Å². The van der Waals surface area contributed by atoms with Crippen molar-refractivity contribution in [1.82, 2.24) is 9.80 Å². The maximum Gasteiger partial charge on any atom is 0.222 e. The number of carbonyl (C=O) groups excluding carboxylic acids is 1. The smallest absolute Gasteiger partial charge is 0.222 e. The van der Waals surface area contributed by atoms with Gasteiger partial charge in [-0.05, 0) is 35.7 Å². The Morgan fingerprint density at radius 3 is 2.74 bits per heavy atom. The van der Waals surface area contributed by atoms with Gasteiger partial charge in [0, 0.05) is 39.1 Å². The summed E-state index contributed by atoms with van der Waals surface area (Å²) in [4.78, 5) is 16.2. The highest BCUT2D eigenvalue weighted by Gasteiger charge is 2.21. The van der Waals surface area contributed by atoms with Crippen LogP contribution in [0.15, 0.2) is 16.8 Å². The first kappa shape index (κ1) is 14.5. The Kier molecular flexibility index (Phi) is 5.36. The molecule has 0 aromatic carbocycles. The third-order valence-corrected chi connectivity index (χ3v) is 4.22. The zero-order chi connectivity index (χ0) is 13.7. The van der Waals surface area contributed by atoms with Gasteiger partial charge in [0.05, 0.1) is 6.10 Å². The molecular formula is C14H22N2O2S. The summed E-state index contributed by atoms with van der Waals surface area (Å²) in [5.74, 6) is 0.177. The van der Waals surface area contributed by atoms with E-state index in [1.165, 1.54) is 5.56 Å². The average molecular weight is 282 g/mol. The second-order valence-corrected chi connectivity index (χ2v) is 5.96. The van der Waals surface area contributed by atoms with Gasteiger partial charge in [0.15, 0.2) is 0 Å². The van der Waals surface area contributed by atoms with Crippen LogP contribution in [-0.4, -0.2) is 53.1 Å². The van der Waals surface area contributed by atoms with E-state index in [9.17, 15) is 9.90 Å². The highest BCUT2D eigenvalue weighted by atomic mass is 32.1. The molecule has 1 amide bonds. The van der Waals surface area contributed by atoms with Gasteiger partial charge in [-0.1, -0.05) is 0 Å². The lowest BCUT2D eigenvalue weighted by atomic mass is 10.2. The number of piperazine rings is 1. The van der Waals surface area contributed by atoms with E-state index in [0.29, 0.717) is 12.8 Å². The second-order valence-electron chi connectivity index (χ2n) is 5.18. The normalized spacial score (nSPS) is 18.5. The van der Waals surface area contributed by atoms with Gasteiger partial charge in [-0.2, -0.15) is 11.3 Å². The Morgan fingerprint density at radius 2 is 2.16 bits per heavy atom. The fraction of sp³-hybridized carbons (Fsp3) is 0.643. The molecule has 19 heavy (non-hydrogen) atoms. The van der Waals surface area contributed by atoms with Gasteiger partial charge in [-0.3, -0.25) is 9.69 Å². The predicted molar refractivity (Wildman–Crippen MR) is 77.1 cm³/mol. The summed E-state index contributed by atoms with van der Waals surface area (Å²) in [7, 11) is 0. The average Bonchev–Trinajstić information content (AvgIpc) is 2.89. The summed E-state index contributed by atoms with van der Waals surface area (Å²) >= 11 is 1.73. The van der Waals surface area contributed by atoms with Gasteiger partial charge in [0.2, 0.25) is 5.91 Å². The van der Waals surface area contributed by atoms with Crippen molar-refractivity contribution in [2.75, 3.05) is 26.2 Å². The van der Waals surface area contributed by atoms with Crippen molar-refractivity contribution >= 4 is 17.2 Å². The minimum atomic E-state index is -0.385. The molecule has 1 N–H and O–H groups in total. The van der Waals surface area contributed by atoms with E-state index in [2.05, 4.69) is 21.7 Å². The van der Waals surface area contributed by atoms with Gasteiger partial charge < -0.3 is 10.0 Å². The molecule has 1 saturated heterocycles. The van der Waals surface area contributed by atoms with Crippen LogP contribution in [0.4, 0.5) is 0 Å². The van der Waals surface area contributed by atoms with Crippen LogP contribution in [0.25, 0.3) is 0 Å². The van der Waals surface area contributed by atoms with Crippen molar-refractivity contribution in [3.8, 4) is 0 Å². The Hall–Kier alpha value is -0.910. The Bertz CT molecular complexity index is 384. The molecule has 1 aromatic heterocycles. The SMILES string of the molecule is CC(O)CCC(=O)N1CCN(Cc2ccsc2)CC1. The van der Waals surface area contributed by atoms with Crippen molar-refractivity contribution in [3.63, 3.8) is 0 Å². The van der Waals surface area contributed by atoms with E-state index >= 15 is 0 Å². The maximum absolute atomic E-state index is 11.9. The molecule has 5 heteroatoms. The van der Waals surface area contributed by atoms with Crippen molar-refractivity contribution in [2.24, 2.45) is 0 Å². The summed E-state index contributed by atoms with van der Waals surface area (Å²) in [6.07, 6.45) is 0.639. The molecular weight excluding hydrogens is 260 g/mol. The molecule has 1 aromatic rings. The van der Waals surface area contributed by atoms with Crippen LogP contribution >= 0.6 is 11.3 Å². The van der Waals surface area contributed by atoms with Crippen LogP contribution in [0, 0.1) is 0 Å². The first-order valence-electron chi connectivity index (χ1n) is 6.84. The van der Waals surface area contributed by atoms with Crippen LogP contribution in [0.5, 0.6) is 0 Å². The number of aliphatic hydroxyl groups excluding tert-OH is 1. The number of hydrogen-bond donors (Lipinski definition) is 1. The zero-order valence-electron chi connectivity index (χ0n) is 11.4. The van der Waals surface area contributed by atoms with Crippen LogP contribution in [0.2, 0.25) is 0 Å². The molecule has 4 nitrogen and oxygen atoms in total. The first-order valence-corrected chi connectivity index (χ1v) is 7.78. The van der Waals surface area contributed by atoms with Crippen molar-refractivity contribution in [2.45, 2.75) is 32.4 Å². The molecule has 1 unspecified atom stereocenters. The third-order valence-electron chi connectivity index (χ3n) is 3.49. The highest BCUT2D eigenvalue weighted by Crippen LogP contribution is 2.12.